The van der Waals surface area contributed by atoms with E-state index in [9.17, 15) is 0 Å². The molecule has 1 saturated heterocycles. The zero-order valence-corrected chi connectivity index (χ0v) is 18.7. The second kappa shape index (κ2) is 8.60. The van der Waals surface area contributed by atoms with E-state index in [0.29, 0.717) is 0 Å². The topological polar surface area (TPSA) is 47.5 Å². The van der Waals surface area contributed by atoms with E-state index in [1.165, 1.54) is 5.69 Å². The van der Waals surface area contributed by atoms with Gasteiger partial charge in [0.1, 0.15) is 5.75 Å². The molecule has 2 aromatic carbocycles. The molecule has 0 N–H and O–H groups in total. The van der Waals surface area contributed by atoms with Crippen LogP contribution < -0.4 is 9.64 Å². The molecular weight excluding hydrogens is 398 g/mol. The number of methoxy groups -OCH3 is 1. The smallest absolute Gasteiger partial charge is 0.137 e. The van der Waals surface area contributed by atoms with Crippen LogP contribution in [0.4, 0.5) is 5.69 Å². The molecular formula is C27H27N3O2. The SMILES string of the molecule is COc1c(-c2ccc(N3CC(C)O[C@@H](C)C3)cc2)cnc2c(-c3ccncc3)cccc12. The average Bonchev–Trinajstić information content (AvgIpc) is 2.83. The molecule has 32 heavy (non-hydrogen) atoms. The van der Waals surface area contributed by atoms with Crippen LogP contribution in [0.5, 0.6) is 5.75 Å². The first-order chi connectivity index (χ1) is 15.6. The molecule has 0 radical (unpaired) electrons. The van der Waals surface area contributed by atoms with Crippen LogP contribution in [0.1, 0.15) is 13.8 Å². The van der Waals surface area contributed by atoms with Gasteiger partial charge in [-0.1, -0.05) is 24.3 Å². The number of benzene rings is 2. The Balaban J connectivity index is 1.53. The van der Waals surface area contributed by atoms with Crippen molar-refractivity contribution in [3.63, 3.8) is 0 Å². The number of hydrogen-bond acceptors (Lipinski definition) is 5. The van der Waals surface area contributed by atoms with Gasteiger partial charge in [-0.05, 0) is 55.3 Å². The summed E-state index contributed by atoms with van der Waals surface area (Å²) in [4.78, 5) is 11.4. The molecule has 4 aromatic rings. The highest BCUT2D eigenvalue weighted by atomic mass is 16.5. The minimum absolute atomic E-state index is 0.234. The van der Waals surface area contributed by atoms with E-state index < -0.39 is 0 Å². The molecule has 2 aromatic heterocycles. The Hall–Kier alpha value is -3.44. The molecule has 0 saturated carbocycles. The fraction of sp³-hybridized carbons (Fsp3) is 0.259. The summed E-state index contributed by atoms with van der Waals surface area (Å²) < 4.78 is 11.8. The molecule has 1 aliphatic heterocycles. The molecule has 162 valence electrons. The van der Waals surface area contributed by atoms with Crippen LogP contribution in [0.3, 0.4) is 0 Å². The summed E-state index contributed by atoms with van der Waals surface area (Å²) in [6.07, 6.45) is 5.99. The van der Waals surface area contributed by atoms with Crippen LogP contribution in [-0.4, -0.2) is 42.4 Å². The molecule has 2 atom stereocenters. The maximum absolute atomic E-state index is 5.90. The van der Waals surface area contributed by atoms with Crippen molar-refractivity contribution in [2.45, 2.75) is 26.1 Å². The van der Waals surface area contributed by atoms with Gasteiger partial charge in [-0.3, -0.25) is 9.97 Å². The van der Waals surface area contributed by atoms with Gasteiger partial charge in [0.2, 0.25) is 0 Å². The van der Waals surface area contributed by atoms with Crippen LogP contribution in [0.25, 0.3) is 33.2 Å². The van der Waals surface area contributed by atoms with E-state index in [0.717, 1.165) is 52.0 Å². The van der Waals surface area contributed by atoms with Crippen LogP contribution >= 0.6 is 0 Å². The number of fused-ring (bicyclic) bond motifs is 1. The predicted molar refractivity (Wildman–Crippen MR) is 129 cm³/mol. The number of para-hydroxylation sites is 1. The van der Waals surface area contributed by atoms with Crippen molar-refractivity contribution >= 4 is 16.6 Å². The lowest BCUT2D eigenvalue weighted by atomic mass is 9.99. The van der Waals surface area contributed by atoms with Crippen LogP contribution in [0.15, 0.2) is 73.2 Å². The van der Waals surface area contributed by atoms with E-state index in [2.05, 4.69) is 66.2 Å². The summed E-state index contributed by atoms with van der Waals surface area (Å²) in [6, 6.07) is 18.9. The van der Waals surface area contributed by atoms with Crippen molar-refractivity contribution in [1.82, 2.24) is 9.97 Å². The van der Waals surface area contributed by atoms with Crippen LogP contribution in [-0.2, 0) is 4.74 Å². The van der Waals surface area contributed by atoms with E-state index in [-0.39, 0.29) is 12.2 Å². The number of anilines is 1. The van der Waals surface area contributed by atoms with Crippen molar-refractivity contribution in [3.05, 3.63) is 73.2 Å². The van der Waals surface area contributed by atoms with E-state index in [1.54, 1.807) is 19.5 Å². The van der Waals surface area contributed by atoms with Gasteiger partial charge in [-0.25, -0.2) is 0 Å². The third-order valence-corrected chi connectivity index (χ3v) is 6.01. The summed E-state index contributed by atoms with van der Waals surface area (Å²) in [5.74, 6) is 0.840. The molecule has 0 spiro atoms. The molecule has 1 unspecified atom stereocenters. The highest BCUT2D eigenvalue weighted by molar-refractivity contribution is 6.00. The van der Waals surface area contributed by atoms with Gasteiger partial charge in [-0.15, -0.1) is 0 Å². The van der Waals surface area contributed by atoms with Gasteiger partial charge in [0.05, 0.1) is 24.8 Å². The van der Waals surface area contributed by atoms with Gasteiger partial charge < -0.3 is 14.4 Å². The number of aromatic nitrogens is 2. The van der Waals surface area contributed by atoms with Crippen molar-refractivity contribution in [2.24, 2.45) is 0 Å². The monoisotopic (exact) mass is 425 g/mol. The highest BCUT2D eigenvalue weighted by Gasteiger charge is 2.22. The second-order valence-electron chi connectivity index (χ2n) is 8.35. The number of rotatable bonds is 4. The first-order valence-corrected chi connectivity index (χ1v) is 11.0. The summed E-state index contributed by atoms with van der Waals surface area (Å²) >= 11 is 0. The summed E-state index contributed by atoms with van der Waals surface area (Å²) in [5.41, 5.74) is 6.37. The Labute approximate surface area is 188 Å². The maximum Gasteiger partial charge on any atom is 0.137 e. The number of morpholine rings is 1. The van der Waals surface area contributed by atoms with Gasteiger partial charge >= 0.3 is 0 Å². The van der Waals surface area contributed by atoms with Crippen molar-refractivity contribution in [2.75, 3.05) is 25.1 Å². The molecule has 0 aliphatic carbocycles. The van der Waals surface area contributed by atoms with Crippen LogP contribution in [0.2, 0.25) is 0 Å². The van der Waals surface area contributed by atoms with Gasteiger partial charge in [-0.2, -0.15) is 0 Å². The number of ether oxygens (including phenoxy) is 2. The van der Waals surface area contributed by atoms with E-state index >= 15 is 0 Å². The molecule has 0 amide bonds. The van der Waals surface area contributed by atoms with E-state index in [4.69, 9.17) is 14.5 Å². The zero-order valence-electron chi connectivity index (χ0n) is 18.7. The molecule has 5 nitrogen and oxygen atoms in total. The Morgan fingerprint density at radius 3 is 2.25 bits per heavy atom. The first kappa shape index (κ1) is 20.5. The quantitative estimate of drug-likeness (QED) is 0.427. The van der Waals surface area contributed by atoms with Crippen molar-refractivity contribution < 1.29 is 9.47 Å². The normalized spacial score (nSPS) is 18.7. The van der Waals surface area contributed by atoms with Crippen molar-refractivity contribution in [1.29, 1.82) is 0 Å². The van der Waals surface area contributed by atoms with Crippen molar-refractivity contribution in [3.8, 4) is 28.0 Å². The standard InChI is InChI=1S/C27H27N3O2/c1-18-16-30(17-19(2)32-18)22-9-7-20(8-10-22)25-15-29-26-23(21-11-13-28-14-12-21)5-4-6-24(26)27(25)31-3/h4-15,18-19H,16-17H2,1-3H3/t18-,19?/m0/s1. The van der Waals surface area contributed by atoms with E-state index in [1.807, 2.05) is 18.3 Å². The van der Waals surface area contributed by atoms with Gasteiger partial charge in [0, 0.05) is 53.9 Å². The Bertz CT molecular complexity index is 1220. The zero-order chi connectivity index (χ0) is 22.1. The third kappa shape index (κ3) is 3.80. The molecule has 1 aliphatic rings. The first-order valence-electron chi connectivity index (χ1n) is 11.0. The van der Waals surface area contributed by atoms with Gasteiger partial charge in [0.25, 0.3) is 0 Å². The minimum atomic E-state index is 0.234. The Morgan fingerprint density at radius 2 is 1.56 bits per heavy atom. The Morgan fingerprint density at radius 1 is 0.875 bits per heavy atom. The largest absolute Gasteiger partial charge is 0.495 e. The third-order valence-electron chi connectivity index (χ3n) is 6.01. The fourth-order valence-electron chi connectivity index (χ4n) is 4.63. The molecule has 1 fully saturated rings. The van der Waals surface area contributed by atoms with Gasteiger partial charge in [0.15, 0.2) is 0 Å². The van der Waals surface area contributed by atoms with Crippen LogP contribution in [0, 0.1) is 0 Å². The summed E-state index contributed by atoms with van der Waals surface area (Å²) in [6.45, 7) is 6.07. The number of pyridine rings is 2. The predicted octanol–water partition coefficient (Wildman–Crippen LogP) is 5.59. The molecule has 0 bridgehead atoms. The number of hydrogen-bond donors (Lipinski definition) is 0. The Kier molecular flexibility index (Phi) is 5.50. The fourth-order valence-corrected chi connectivity index (χ4v) is 4.63. The summed E-state index contributed by atoms with van der Waals surface area (Å²) in [5, 5.41) is 0.999. The lowest BCUT2D eigenvalue weighted by Gasteiger charge is -2.36. The maximum atomic E-state index is 5.90. The minimum Gasteiger partial charge on any atom is -0.495 e. The second-order valence-corrected chi connectivity index (χ2v) is 8.35. The molecule has 5 rings (SSSR count). The summed E-state index contributed by atoms with van der Waals surface area (Å²) in [7, 11) is 1.72. The lowest BCUT2D eigenvalue weighted by molar-refractivity contribution is -0.00521. The average molecular weight is 426 g/mol. The molecule has 3 heterocycles. The molecule has 5 heteroatoms. The lowest BCUT2D eigenvalue weighted by Crippen LogP contribution is -2.45. The number of nitrogens with zero attached hydrogens (tertiary/aromatic N) is 3. The highest BCUT2D eigenvalue weighted by Crippen LogP contribution is 2.39.